The van der Waals surface area contributed by atoms with Gasteiger partial charge in [0.2, 0.25) is 0 Å². The molecule has 0 spiro atoms. The van der Waals surface area contributed by atoms with Crippen molar-refractivity contribution >= 4 is 11.9 Å². The molecule has 122 valence electrons. The van der Waals surface area contributed by atoms with E-state index in [-0.39, 0.29) is 5.97 Å². The van der Waals surface area contributed by atoms with E-state index in [1.165, 1.54) is 19.3 Å². The van der Waals surface area contributed by atoms with Gasteiger partial charge in [0.1, 0.15) is 0 Å². The lowest BCUT2D eigenvalue weighted by molar-refractivity contribution is -0.159. The molecule has 0 radical (unpaired) electrons. The molecule has 1 N–H and O–H groups in total. The maximum absolute atomic E-state index is 12.0. The summed E-state index contributed by atoms with van der Waals surface area (Å²) in [6, 6.07) is 0. The smallest absolute Gasteiger partial charge is 0.309 e. The van der Waals surface area contributed by atoms with E-state index in [2.05, 4.69) is 13.8 Å². The summed E-state index contributed by atoms with van der Waals surface area (Å²) in [5, 5.41) is 9.18. The molecule has 4 nitrogen and oxygen atoms in total. The van der Waals surface area contributed by atoms with Crippen molar-refractivity contribution in [2.75, 3.05) is 6.61 Å². The highest BCUT2D eigenvalue weighted by Gasteiger charge is 2.36. The Bertz CT molecular complexity index is 327. The van der Waals surface area contributed by atoms with E-state index in [1.54, 1.807) is 0 Å². The summed E-state index contributed by atoms with van der Waals surface area (Å²) in [5.74, 6) is -1.47. The summed E-state index contributed by atoms with van der Waals surface area (Å²) in [7, 11) is 0. The minimum atomic E-state index is -0.857. The average molecular weight is 298 g/mol. The first-order chi connectivity index (χ1) is 10.1. The minimum absolute atomic E-state index is 0.302. The third-order valence-corrected chi connectivity index (χ3v) is 4.52. The van der Waals surface area contributed by atoms with Gasteiger partial charge < -0.3 is 9.84 Å². The molecule has 1 fully saturated rings. The molecule has 0 bridgehead atoms. The molecule has 1 aliphatic rings. The number of esters is 1. The van der Waals surface area contributed by atoms with Crippen LogP contribution < -0.4 is 0 Å². The van der Waals surface area contributed by atoms with E-state index in [1.807, 2.05) is 0 Å². The van der Waals surface area contributed by atoms with Crippen LogP contribution in [0.1, 0.15) is 71.6 Å². The Balaban J connectivity index is 2.24. The topological polar surface area (TPSA) is 63.6 Å². The van der Waals surface area contributed by atoms with E-state index in [0.29, 0.717) is 25.4 Å². The Kier molecular flexibility index (Phi) is 8.40. The van der Waals surface area contributed by atoms with Gasteiger partial charge in [-0.1, -0.05) is 46.0 Å². The fourth-order valence-electron chi connectivity index (χ4n) is 3.12. The second-order valence-electron chi connectivity index (χ2n) is 6.39. The van der Waals surface area contributed by atoms with Gasteiger partial charge in [-0.15, -0.1) is 0 Å². The molecule has 3 atom stereocenters. The van der Waals surface area contributed by atoms with E-state index in [9.17, 15) is 14.7 Å². The van der Waals surface area contributed by atoms with Gasteiger partial charge in [0.15, 0.2) is 0 Å². The van der Waals surface area contributed by atoms with Crippen molar-refractivity contribution in [3.63, 3.8) is 0 Å². The second kappa shape index (κ2) is 9.80. The third-order valence-electron chi connectivity index (χ3n) is 4.52. The van der Waals surface area contributed by atoms with Crippen LogP contribution in [-0.4, -0.2) is 23.7 Å². The van der Waals surface area contributed by atoms with Crippen molar-refractivity contribution in [1.82, 2.24) is 0 Å². The Morgan fingerprint density at radius 3 is 2.38 bits per heavy atom. The highest BCUT2D eigenvalue weighted by molar-refractivity contribution is 5.81. The van der Waals surface area contributed by atoms with Crippen molar-refractivity contribution in [1.29, 1.82) is 0 Å². The zero-order chi connectivity index (χ0) is 15.7. The highest BCUT2D eigenvalue weighted by Crippen LogP contribution is 2.31. The van der Waals surface area contributed by atoms with Crippen LogP contribution in [0.4, 0.5) is 0 Å². The summed E-state index contributed by atoms with van der Waals surface area (Å²) in [5.41, 5.74) is 0. The van der Waals surface area contributed by atoms with Gasteiger partial charge in [0.05, 0.1) is 18.4 Å². The van der Waals surface area contributed by atoms with Crippen molar-refractivity contribution in [3.8, 4) is 0 Å². The molecule has 1 rings (SSSR count). The first kappa shape index (κ1) is 18.0. The molecule has 1 aliphatic carbocycles. The number of carbonyl (C=O) groups is 2. The maximum Gasteiger partial charge on any atom is 0.309 e. The number of unbranched alkanes of at least 4 members (excludes halogenated alkanes) is 1. The van der Waals surface area contributed by atoms with Crippen molar-refractivity contribution in [2.45, 2.75) is 71.6 Å². The SMILES string of the molecule is CCCCC(C)CCCOC(=O)[C@H]1CCCC[C@@H]1C(=O)O. The zero-order valence-corrected chi connectivity index (χ0v) is 13.5. The monoisotopic (exact) mass is 298 g/mol. The fourth-order valence-corrected chi connectivity index (χ4v) is 3.12. The van der Waals surface area contributed by atoms with Gasteiger partial charge >= 0.3 is 11.9 Å². The van der Waals surface area contributed by atoms with Crippen LogP contribution in [-0.2, 0) is 14.3 Å². The Morgan fingerprint density at radius 1 is 1.14 bits per heavy atom. The molecular weight excluding hydrogens is 268 g/mol. The Hall–Kier alpha value is -1.06. The average Bonchev–Trinajstić information content (AvgIpc) is 2.49. The van der Waals surface area contributed by atoms with Crippen molar-refractivity contribution in [2.24, 2.45) is 17.8 Å². The van der Waals surface area contributed by atoms with Crippen molar-refractivity contribution < 1.29 is 19.4 Å². The molecule has 1 saturated carbocycles. The number of hydrogen-bond acceptors (Lipinski definition) is 3. The molecule has 1 unspecified atom stereocenters. The molecule has 0 aliphatic heterocycles. The lowest BCUT2D eigenvalue weighted by atomic mass is 9.79. The number of aliphatic carboxylic acids is 1. The second-order valence-corrected chi connectivity index (χ2v) is 6.39. The maximum atomic E-state index is 12.0. The predicted molar refractivity (Wildman–Crippen MR) is 82.0 cm³/mol. The zero-order valence-electron chi connectivity index (χ0n) is 13.5. The molecule has 0 amide bonds. The molecule has 0 aromatic rings. The van der Waals surface area contributed by atoms with Gasteiger partial charge in [-0.3, -0.25) is 9.59 Å². The summed E-state index contributed by atoms with van der Waals surface area (Å²) < 4.78 is 5.31. The molecule has 0 aromatic carbocycles. The highest BCUT2D eigenvalue weighted by atomic mass is 16.5. The third kappa shape index (κ3) is 6.49. The fraction of sp³-hybridized carbons (Fsp3) is 0.882. The summed E-state index contributed by atoms with van der Waals surface area (Å²) in [6.45, 7) is 4.86. The quantitative estimate of drug-likeness (QED) is 0.515. The summed E-state index contributed by atoms with van der Waals surface area (Å²) in [6.07, 6.45) is 8.73. The standard InChI is InChI=1S/C17H30O4/c1-3-4-8-13(2)9-7-12-21-17(20)15-11-6-5-10-14(15)16(18)19/h13-15H,3-12H2,1-2H3,(H,18,19)/t13?,14-,15-/m0/s1. The van der Waals surface area contributed by atoms with Crippen LogP contribution in [0.5, 0.6) is 0 Å². The van der Waals surface area contributed by atoms with Gasteiger partial charge in [-0.2, -0.15) is 0 Å². The number of rotatable bonds is 9. The summed E-state index contributed by atoms with van der Waals surface area (Å²) in [4.78, 5) is 23.2. The van der Waals surface area contributed by atoms with Gasteiger partial charge in [-0.05, 0) is 31.6 Å². The van der Waals surface area contributed by atoms with Crippen molar-refractivity contribution in [3.05, 3.63) is 0 Å². The number of hydrogen-bond donors (Lipinski definition) is 1. The van der Waals surface area contributed by atoms with Crippen LogP contribution in [0, 0.1) is 17.8 Å². The van der Waals surface area contributed by atoms with Gasteiger partial charge in [0, 0.05) is 0 Å². The molecular formula is C17H30O4. The number of ether oxygens (including phenoxy) is 1. The largest absolute Gasteiger partial charge is 0.481 e. The van der Waals surface area contributed by atoms with Gasteiger partial charge in [0.25, 0.3) is 0 Å². The normalized spacial score (nSPS) is 23.5. The number of carboxylic acids is 1. The molecule has 21 heavy (non-hydrogen) atoms. The predicted octanol–water partition coefficient (Wildman–Crippen LogP) is 4.03. The number of carboxylic acid groups (broad SMARTS) is 1. The first-order valence-corrected chi connectivity index (χ1v) is 8.45. The summed E-state index contributed by atoms with van der Waals surface area (Å²) >= 11 is 0. The van der Waals surface area contributed by atoms with Gasteiger partial charge in [-0.25, -0.2) is 0 Å². The first-order valence-electron chi connectivity index (χ1n) is 8.45. The molecule has 0 saturated heterocycles. The number of carbonyl (C=O) groups excluding carboxylic acids is 1. The van der Waals surface area contributed by atoms with E-state index >= 15 is 0 Å². The van der Waals surface area contributed by atoms with Crippen LogP contribution in [0.3, 0.4) is 0 Å². The van der Waals surface area contributed by atoms with Crippen LogP contribution >= 0.6 is 0 Å². The molecule has 0 aromatic heterocycles. The Morgan fingerprint density at radius 2 is 1.76 bits per heavy atom. The molecule has 4 heteroatoms. The van der Waals surface area contributed by atoms with Crippen LogP contribution in [0.2, 0.25) is 0 Å². The van der Waals surface area contributed by atoms with E-state index in [0.717, 1.165) is 25.7 Å². The van der Waals surface area contributed by atoms with Crippen LogP contribution in [0.25, 0.3) is 0 Å². The van der Waals surface area contributed by atoms with E-state index in [4.69, 9.17) is 4.74 Å². The van der Waals surface area contributed by atoms with Crippen LogP contribution in [0.15, 0.2) is 0 Å². The lowest BCUT2D eigenvalue weighted by Crippen LogP contribution is -2.34. The minimum Gasteiger partial charge on any atom is -0.481 e. The Labute approximate surface area is 128 Å². The lowest BCUT2D eigenvalue weighted by Gasteiger charge is -2.26. The molecule has 0 heterocycles. The van der Waals surface area contributed by atoms with E-state index < -0.39 is 17.8 Å².